The van der Waals surface area contributed by atoms with E-state index in [-0.39, 0.29) is 29.3 Å². The normalized spacial score (nSPS) is 24.0. The molecule has 5 atom stereocenters. The van der Waals surface area contributed by atoms with Crippen molar-refractivity contribution in [1.82, 2.24) is 14.8 Å². The molecular formula is C20H23ClFN4O7P. The molecule has 0 saturated carbocycles. The molecule has 11 nitrogen and oxygen atoms in total. The van der Waals surface area contributed by atoms with Crippen LogP contribution in [-0.4, -0.2) is 66.0 Å². The van der Waals surface area contributed by atoms with E-state index in [2.05, 4.69) is 15.4 Å². The summed E-state index contributed by atoms with van der Waals surface area (Å²) in [6.45, 7) is 1.49. The highest BCUT2D eigenvalue weighted by Crippen LogP contribution is 2.37. The minimum atomic E-state index is -4.39. The second-order valence-corrected chi connectivity index (χ2v) is 9.93. The number of nitrogens with zero attached hydrogens (tertiary/aromatic N) is 3. The Morgan fingerprint density at radius 2 is 2.09 bits per heavy atom. The fraction of sp³-hybridized carbons (Fsp3) is 0.400. The Labute approximate surface area is 198 Å². The largest absolute Gasteiger partial charge is 0.387 e. The summed E-state index contributed by atoms with van der Waals surface area (Å²) >= 11 is 6.22. The number of ether oxygens (including phenoxy) is 2. The Morgan fingerprint density at radius 3 is 2.79 bits per heavy atom. The van der Waals surface area contributed by atoms with Gasteiger partial charge in [-0.25, -0.2) is 14.1 Å². The average molecular weight is 517 g/mol. The number of hydrogen-bond donors (Lipinski definition) is 5. The highest BCUT2D eigenvalue weighted by molar-refractivity contribution is 7.51. The Balaban J connectivity index is 1.57. The van der Waals surface area contributed by atoms with Crippen LogP contribution in [0.1, 0.15) is 24.8 Å². The molecule has 0 aliphatic carbocycles. The number of benzene rings is 1. The van der Waals surface area contributed by atoms with Gasteiger partial charge < -0.3 is 34.8 Å². The lowest BCUT2D eigenvalue weighted by atomic mass is 10.1. The average Bonchev–Trinajstić information content (AvgIpc) is 3.29. The number of aliphatic hydroxyl groups is 2. The molecule has 184 valence electrons. The summed E-state index contributed by atoms with van der Waals surface area (Å²) in [4.78, 5) is 22.1. The lowest BCUT2D eigenvalue weighted by Gasteiger charge is -2.18. The van der Waals surface area contributed by atoms with Crippen LogP contribution in [0, 0.1) is 5.82 Å². The first-order valence-corrected chi connectivity index (χ1v) is 12.4. The van der Waals surface area contributed by atoms with Gasteiger partial charge in [-0.05, 0) is 30.7 Å². The lowest BCUT2D eigenvalue weighted by molar-refractivity contribution is -0.0658. The molecule has 14 heteroatoms. The Bertz CT molecular complexity index is 1220. The summed E-state index contributed by atoms with van der Waals surface area (Å²) in [5.41, 5.74) is 1.53. The number of aliphatic hydroxyl groups excluding tert-OH is 2. The molecule has 0 bridgehead atoms. The summed E-state index contributed by atoms with van der Waals surface area (Å²) in [6, 6.07) is 7.47. The molecule has 3 heterocycles. The number of rotatable bonds is 8. The molecule has 2 aromatic heterocycles. The van der Waals surface area contributed by atoms with Gasteiger partial charge in [0.05, 0.1) is 23.9 Å². The fourth-order valence-corrected chi connectivity index (χ4v) is 4.27. The Hall–Kier alpha value is -2.15. The quantitative estimate of drug-likeness (QED) is 0.222. The molecule has 1 fully saturated rings. The van der Waals surface area contributed by atoms with E-state index in [4.69, 9.17) is 30.9 Å². The number of anilines is 1. The lowest BCUT2D eigenvalue weighted by Crippen LogP contribution is -2.34. The van der Waals surface area contributed by atoms with Crippen LogP contribution in [0.2, 0.25) is 5.15 Å². The highest BCUT2D eigenvalue weighted by atomic mass is 35.5. The minimum Gasteiger partial charge on any atom is -0.387 e. The molecule has 5 N–H and O–H groups in total. The third-order valence-electron chi connectivity index (χ3n) is 5.38. The smallest absolute Gasteiger partial charge is 0.350 e. The number of fused-ring (bicyclic) bond motifs is 1. The summed E-state index contributed by atoms with van der Waals surface area (Å²) in [6.07, 6.45) is -4.40. The highest BCUT2D eigenvalue weighted by Gasteiger charge is 2.45. The Kier molecular flexibility index (Phi) is 7.22. The molecule has 0 spiro atoms. The summed E-state index contributed by atoms with van der Waals surface area (Å²) in [5.74, 6) is -0.359. The van der Waals surface area contributed by atoms with E-state index in [1.807, 2.05) is 6.92 Å². The second-order valence-electron chi connectivity index (χ2n) is 7.95. The van der Waals surface area contributed by atoms with Gasteiger partial charge in [-0.2, -0.15) is 5.10 Å². The molecule has 34 heavy (non-hydrogen) atoms. The molecule has 1 aliphatic heterocycles. The van der Waals surface area contributed by atoms with E-state index in [0.29, 0.717) is 16.6 Å². The van der Waals surface area contributed by atoms with Crippen molar-refractivity contribution >= 4 is 35.9 Å². The Morgan fingerprint density at radius 1 is 1.32 bits per heavy atom. The van der Waals surface area contributed by atoms with Crippen molar-refractivity contribution in [2.75, 3.05) is 18.3 Å². The van der Waals surface area contributed by atoms with Crippen LogP contribution in [0.4, 0.5) is 10.1 Å². The zero-order valence-corrected chi connectivity index (χ0v) is 19.5. The first-order valence-electron chi connectivity index (χ1n) is 10.2. The molecule has 1 aromatic carbocycles. The van der Waals surface area contributed by atoms with E-state index >= 15 is 0 Å². The SMILES string of the molecule is C[C@H](Nc1cc(Cl)nc2c1cnn2[C@@H]1O[C@H](COCP(=O)(O)O)[C@@H](O)[C@H]1O)c1cccc(F)c1. The van der Waals surface area contributed by atoms with Gasteiger partial charge in [0, 0.05) is 6.04 Å². The molecular weight excluding hydrogens is 494 g/mol. The maximum absolute atomic E-state index is 13.6. The van der Waals surface area contributed by atoms with Gasteiger partial charge >= 0.3 is 7.60 Å². The summed E-state index contributed by atoms with van der Waals surface area (Å²) < 4.78 is 36.4. The van der Waals surface area contributed by atoms with Crippen LogP contribution in [-0.2, 0) is 14.0 Å². The number of nitrogens with one attached hydrogen (secondary N) is 1. The molecule has 1 aliphatic rings. The number of halogens is 2. The third-order valence-corrected chi connectivity index (χ3v) is 6.09. The van der Waals surface area contributed by atoms with E-state index in [9.17, 15) is 19.2 Å². The molecule has 1 saturated heterocycles. The molecule has 3 aromatic rings. The van der Waals surface area contributed by atoms with Crippen LogP contribution in [0.3, 0.4) is 0 Å². The zero-order chi connectivity index (χ0) is 24.6. The van der Waals surface area contributed by atoms with Gasteiger partial charge in [-0.1, -0.05) is 23.7 Å². The van der Waals surface area contributed by atoms with Crippen molar-refractivity contribution in [3.63, 3.8) is 0 Å². The van der Waals surface area contributed by atoms with Crippen molar-refractivity contribution in [1.29, 1.82) is 0 Å². The first-order chi connectivity index (χ1) is 16.0. The number of hydrogen-bond acceptors (Lipinski definition) is 8. The van der Waals surface area contributed by atoms with E-state index in [1.165, 1.54) is 23.0 Å². The van der Waals surface area contributed by atoms with Crippen LogP contribution in [0.15, 0.2) is 36.5 Å². The van der Waals surface area contributed by atoms with Gasteiger partial charge in [-0.15, -0.1) is 0 Å². The summed E-state index contributed by atoms with van der Waals surface area (Å²) in [7, 11) is -4.39. The fourth-order valence-electron chi connectivity index (χ4n) is 3.74. The molecule has 0 radical (unpaired) electrons. The van der Waals surface area contributed by atoms with Gasteiger partial charge in [-0.3, -0.25) is 4.57 Å². The van der Waals surface area contributed by atoms with Crippen molar-refractivity contribution < 1.29 is 38.4 Å². The number of aromatic nitrogens is 3. The van der Waals surface area contributed by atoms with Gasteiger partial charge in [0.2, 0.25) is 0 Å². The predicted octanol–water partition coefficient (Wildman–Crippen LogP) is 2.17. The monoisotopic (exact) mass is 516 g/mol. The van der Waals surface area contributed by atoms with Crippen LogP contribution < -0.4 is 5.32 Å². The topological polar surface area (TPSA) is 159 Å². The maximum atomic E-state index is 13.6. The number of pyridine rings is 1. The van der Waals surface area contributed by atoms with Crippen molar-refractivity contribution in [2.45, 2.75) is 37.5 Å². The van der Waals surface area contributed by atoms with Gasteiger partial charge in [0.25, 0.3) is 0 Å². The second kappa shape index (κ2) is 9.84. The van der Waals surface area contributed by atoms with Crippen LogP contribution >= 0.6 is 19.2 Å². The molecule has 0 amide bonds. The van der Waals surface area contributed by atoms with E-state index in [1.54, 1.807) is 18.2 Å². The van der Waals surface area contributed by atoms with E-state index in [0.717, 1.165) is 0 Å². The van der Waals surface area contributed by atoms with E-state index < -0.39 is 38.5 Å². The first kappa shape index (κ1) is 25.0. The van der Waals surface area contributed by atoms with Crippen molar-refractivity contribution in [3.8, 4) is 0 Å². The van der Waals surface area contributed by atoms with Gasteiger partial charge in [0.1, 0.15) is 35.6 Å². The van der Waals surface area contributed by atoms with Crippen molar-refractivity contribution in [2.24, 2.45) is 0 Å². The molecule has 0 unspecified atom stereocenters. The third kappa shape index (κ3) is 5.40. The maximum Gasteiger partial charge on any atom is 0.350 e. The van der Waals surface area contributed by atoms with Crippen molar-refractivity contribution in [3.05, 3.63) is 53.1 Å². The van der Waals surface area contributed by atoms with Gasteiger partial charge in [0.15, 0.2) is 11.9 Å². The van der Waals surface area contributed by atoms with Crippen LogP contribution in [0.5, 0.6) is 0 Å². The summed E-state index contributed by atoms with van der Waals surface area (Å²) in [5, 5.41) is 29.0. The standard InChI is InChI=1S/C20H23ClFN4O7P/c1-10(11-3-2-4-12(22)5-11)24-14-6-16(21)25-19-13(14)7-23-26(19)20-18(28)17(27)15(33-20)8-32-9-34(29,30)31/h2-7,10,15,17-18,20,27-28H,8-9H2,1H3,(H,24,25)(H2,29,30,31)/t10-,15+,17+,18+,20+/m0/s1. The van der Waals surface area contributed by atoms with Crippen LogP contribution in [0.25, 0.3) is 11.0 Å². The zero-order valence-electron chi connectivity index (χ0n) is 17.8. The minimum absolute atomic E-state index is 0.123. The predicted molar refractivity (Wildman–Crippen MR) is 120 cm³/mol. The molecule has 4 rings (SSSR count).